The van der Waals surface area contributed by atoms with Gasteiger partial charge in [0, 0.05) is 37.0 Å². The summed E-state index contributed by atoms with van der Waals surface area (Å²) in [5.41, 5.74) is 5.26. The van der Waals surface area contributed by atoms with E-state index in [1.54, 1.807) is 0 Å². The van der Waals surface area contributed by atoms with Crippen LogP contribution in [0.2, 0.25) is 0 Å². The third kappa shape index (κ3) is 3.96. The lowest BCUT2D eigenvalue weighted by molar-refractivity contribution is -0.144. The smallest absolute Gasteiger partial charge is 0.226 e. The summed E-state index contributed by atoms with van der Waals surface area (Å²) < 4.78 is 0. The van der Waals surface area contributed by atoms with E-state index in [4.69, 9.17) is 0 Å². The normalized spacial score (nSPS) is 27.4. The molecule has 0 radical (unpaired) electrons. The van der Waals surface area contributed by atoms with E-state index in [0.717, 1.165) is 32.1 Å². The minimum atomic E-state index is -0.0298. The lowest BCUT2D eigenvalue weighted by Crippen LogP contribution is -2.49. The van der Waals surface area contributed by atoms with E-state index in [-0.39, 0.29) is 35.7 Å². The molecule has 2 aromatic rings. The zero-order chi connectivity index (χ0) is 22.2. The van der Waals surface area contributed by atoms with Gasteiger partial charge in [0.05, 0.1) is 0 Å². The van der Waals surface area contributed by atoms with Crippen molar-refractivity contribution in [1.29, 1.82) is 0 Å². The van der Waals surface area contributed by atoms with Gasteiger partial charge >= 0.3 is 0 Å². The molecule has 2 amide bonds. The molecule has 168 valence electrons. The van der Waals surface area contributed by atoms with Crippen LogP contribution in [0, 0.1) is 11.8 Å². The quantitative estimate of drug-likeness (QED) is 0.691. The van der Waals surface area contributed by atoms with Gasteiger partial charge in [-0.05, 0) is 68.2 Å². The Bertz CT molecular complexity index is 936. The summed E-state index contributed by atoms with van der Waals surface area (Å²) in [6.45, 7) is 5.72. The van der Waals surface area contributed by atoms with Gasteiger partial charge in [-0.25, -0.2) is 0 Å². The van der Waals surface area contributed by atoms with Gasteiger partial charge in [-0.3, -0.25) is 9.59 Å². The van der Waals surface area contributed by atoms with Gasteiger partial charge in [0.2, 0.25) is 11.8 Å². The number of rotatable bonds is 2. The number of fused-ring (bicyclic) bond motifs is 2. The Labute approximate surface area is 191 Å². The van der Waals surface area contributed by atoms with Crippen molar-refractivity contribution < 1.29 is 9.59 Å². The zero-order valence-electron chi connectivity index (χ0n) is 19.3. The van der Waals surface area contributed by atoms with Gasteiger partial charge in [-0.2, -0.15) is 0 Å². The van der Waals surface area contributed by atoms with Crippen LogP contribution in [-0.4, -0.2) is 33.7 Å². The van der Waals surface area contributed by atoms with Crippen molar-refractivity contribution in [2.45, 2.75) is 77.5 Å². The maximum Gasteiger partial charge on any atom is 0.226 e. The van der Waals surface area contributed by atoms with Crippen LogP contribution in [0.5, 0.6) is 0 Å². The molecular formula is C28H34N2O2. The standard InChI is InChI=1S/C28H34N2O2/c1-19-14-21-8-3-5-10-25(21)17-29(19)27(31)23-12-7-13-24(16-23)28(32)30-18-26-11-6-4-9-22(26)15-20(30)2/h3-6,8-11,19-20,23-24H,7,12-18H2,1-2H3. The number of amides is 2. The summed E-state index contributed by atoms with van der Waals surface area (Å²) in [5.74, 6) is 0.443. The van der Waals surface area contributed by atoms with Crippen molar-refractivity contribution in [3.05, 3.63) is 70.8 Å². The Kier molecular flexibility index (Phi) is 5.79. The first-order chi connectivity index (χ1) is 15.5. The molecule has 0 N–H and O–H groups in total. The van der Waals surface area contributed by atoms with E-state index in [0.29, 0.717) is 19.5 Å². The monoisotopic (exact) mass is 430 g/mol. The third-order valence-corrected chi connectivity index (χ3v) is 7.95. The van der Waals surface area contributed by atoms with E-state index in [2.05, 4.69) is 72.2 Å². The molecule has 1 fully saturated rings. The van der Waals surface area contributed by atoms with Crippen LogP contribution in [0.4, 0.5) is 0 Å². The van der Waals surface area contributed by atoms with Crippen LogP contribution in [0.15, 0.2) is 48.5 Å². The number of nitrogens with zero attached hydrogens (tertiary/aromatic N) is 2. The molecule has 4 heteroatoms. The van der Waals surface area contributed by atoms with Crippen molar-refractivity contribution in [2.75, 3.05) is 0 Å². The maximum absolute atomic E-state index is 13.5. The molecule has 2 aromatic carbocycles. The zero-order valence-corrected chi connectivity index (χ0v) is 19.3. The van der Waals surface area contributed by atoms with Gasteiger partial charge < -0.3 is 9.80 Å². The first kappa shape index (κ1) is 21.2. The molecule has 3 aliphatic rings. The first-order valence-corrected chi connectivity index (χ1v) is 12.3. The van der Waals surface area contributed by atoms with Gasteiger partial charge in [-0.1, -0.05) is 55.0 Å². The van der Waals surface area contributed by atoms with Crippen molar-refractivity contribution in [3.63, 3.8) is 0 Å². The SMILES string of the molecule is CC1Cc2ccccc2CN1C(=O)C1CCCC(C(=O)N2Cc3ccccc3CC2C)C1. The Morgan fingerprint density at radius 3 is 1.53 bits per heavy atom. The summed E-state index contributed by atoms with van der Waals surface area (Å²) in [7, 11) is 0. The van der Waals surface area contributed by atoms with Crippen molar-refractivity contribution in [3.8, 4) is 0 Å². The highest BCUT2D eigenvalue weighted by molar-refractivity contribution is 5.83. The highest BCUT2D eigenvalue weighted by Crippen LogP contribution is 2.35. The predicted octanol–water partition coefficient (Wildman–Crippen LogP) is 4.74. The Balaban J connectivity index is 1.27. The van der Waals surface area contributed by atoms with Gasteiger partial charge in [-0.15, -0.1) is 0 Å². The van der Waals surface area contributed by atoms with Crippen LogP contribution in [-0.2, 0) is 35.5 Å². The molecule has 4 atom stereocenters. The third-order valence-electron chi connectivity index (χ3n) is 7.95. The molecule has 5 rings (SSSR count). The second-order valence-corrected chi connectivity index (χ2v) is 10.1. The molecule has 0 spiro atoms. The summed E-state index contributed by atoms with van der Waals surface area (Å²) in [4.78, 5) is 31.2. The molecule has 32 heavy (non-hydrogen) atoms. The highest BCUT2D eigenvalue weighted by atomic mass is 16.2. The average Bonchev–Trinajstić information content (AvgIpc) is 2.82. The molecule has 0 saturated heterocycles. The Morgan fingerprint density at radius 2 is 1.09 bits per heavy atom. The lowest BCUT2D eigenvalue weighted by atomic mass is 9.78. The van der Waals surface area contributed by atoms with E-state index in [9.17, 15) is 9.59 Å². The topological polar surface area (TPSA) is 40.6 Å². The molecule has 1 saturated carbocycles. The number of carbonyl (C=O) groups is 2. The van der Waals surface area contributed by atoms with Gasteiger partial charge in [0.15, 0.2) is 0 Å². The first-order valence-electron chi connectivity index (χ1n) is 12.3. The molecule has 4 nitrogen and oxygen atoms in total. The van der Waals surface area contributed by atoms with Crippen LogP contribution < -0.4 is 0 Å². The number of carbonyl (C=O) groups excluding carboxylic acids is 2. The van der Waals surface area contributed by atoms with Crippen molar-refractivity contribution in [2.24, 2.45) is 11.8 Å². The molecule has 1 aliphatic carbocycles. The van der Waals surface area contributed by atoms with E-state index in [1.807, 2.05) is 0 Å². The lowest BCUT2D eigenvalue weighted by Gasteiger charge is -2.41. The number of benzene rings is 2. The number of hydrogen-bond donors (Lipinski definition) is 0. The van der Waals surface area contributed by atoms with Crippen LogP contribution in [0.3, 0.4) is 0 Å². The van der Waals surface area contributed by atoms with E-state index >= 15 is 0 Å². The molecule has 0 bridgehead atoms. The predicted molar refractivity (Wildman–Crippen MR) is 126 cm³/mol. The summed E-state index contributed by atoms with van der Waals surface area (Å²) in [5, 5.41) is 0. The fourth-order valence-electron chi connectivity index (χ4n) is 6.06. The largest absolute Gasteiger partial charge is 0.335 e. The molecule has 0 aromatic heterocycles. The fraction of sp³-hybridized carbons (Fsp3) is 0.500. The summed E-state index contributed by atoms with van der Waals surface area (Å²) in [6, 6.07) is 17.4. The molecular weight excluding hydrogens is 396 g/mol. The molecule has 2 aliphatic heterocycles. The Morgan fingerprint density at radius 1 is 0.688 bits per heavy atom. The van der Waals surface area contributed by atoms with Crippen LogP contribution in [0.1, 0.15) is 61.8 Å². The fourth-order valence-corrected chi connectivity index (χ4v) is 6.06. The number of hydrogen-bond acceptors (Lipinski definition) is 2. The highest BCUT2D eigenvalue weighted by Gasteiger charge is 2.39. The molecule has 2 heterocycles. The van der Waals surface area contributed by atoms with Crippen LogP contribution in [0.25, 0.3) is 0 Å². The van der Waals surface area contributed by atoms with E-state index in [1.165, 1.54) is 22.3 Å². The molecule has 4 unspecified atom stereocenters. The van der Waals surface area contributed by atoms with Gasteiger partial charge in [0.1, 0.15) is 0 Å². The maximum atomic E-state index is 13.5. The minimum Gasteiger partial charge on any atom is -0.335 e. The second-order valence-electron chi connectivity index (χ2n) is 10.1. The van der Waals surface area contributed by atoms with Crippen LogP contribution >= 0.6 is 0 Å². The van der Waals surface area contributed by atoms with E-state index < -0.39 is 0 Å². The summed E-state index contributed by atoms with van der Waals surface area (Å²) >= 11 is 0. The average molecular weight is 431 g/mol. The van der Waals surface area contributed by atoms with Crippen molar-refractivity contribution in [1.82, 2.24) is 9.80 Å². The van der Waals surface area contributed by atoms with Gasteiger partial charge in [0.25, 0.3) is 0 Å². The Hall–Kier alpha value is -2.62. The minimum absolute atomic E-state index is 0.0298. The second kappa shape index (κ2) is 8.73. The summed E-state index contributed by atoms with van der Waals surface area (Å²) in [6.07, 6.45) is 5.32. The van der Waals surface area contributed by atoms with Crippen molar-refractivity contribution >= 4 is 11.8 Å².